The van der Waals surface area contributed by atoms with Gasteiger partial charge in [-0.25, -0.2) is 0 Å². The highest BCUT2D eigenvalue weighted by Gasteiger charge is 2.19. The fourth-order valence-electron chi connectivity index (χ4n) is 2.28. The molecule has 0 fully saturated rings. The predicted octanol–water partition coefficient (Wildman–Crippen LogP) is 2.86. The van der Waals surface area contributed by atoms with Crippen LogP contribution in [0.5, 0.6) is 11.5 Å². The summed E-state index contributed by atoms with van der Waals surface area (Å²) in [5.41, 5.74) is 0. The van der Waals surface area contributed by atoms with Crippen LogP contribution in [0, 0.1) is 0 Å². The van der Waals surface area contributed by atoms with Gasteiger partial charge >= 0.3 is 0 Å². The molecule has 0 aliphatic carbocycles. The van der Waals surface area contributed by atoms with E-state index in [1.54, 1.807) is 12.1 Å². The van der Waals surface area contributed by atoms with E-state index < -0.39 is 7.92 Å². The Kier molecular flexibility index (Phi) is 3.89. The third kappa shape index (κ3) is 2.91. The van der Waals surface area contributed by atoms with Crippen LogP contribution in [0.1, 0.15) is 0 Å². The Labute approximate surface area is 125 Å². The molecular formula is C18H15O2P. The van der Waals surface area contributed by atoms with E-state index in [0.29, 0.717) is 0 Å². The molecule has 0 spiro atoms. The second-order valence-electron chi connectivity index (χ2n) is 4.68. The van der Waals surface area contributed by atoms with Crippen LogP contribution in [0.15, 0.2) is 78.9 Å². The van der Waals surface area contributed by atoms with Crippen LogP contribution in [0.25, 0.3) is 0 Å². The summed E-state index contributed by atoms with van der Waals surface area (Å²) in [5, 5.41) is 22.9. The number of hydrogen-bond acceptors (Lipinski definition) is 2. The van der Waals surface area contributed by atoms with Crippen LogP contribution in [0.2, 0.25) is 0 Å². The summed E-state index contributed by atoms with van der Waals surface area (Å²) in [6.07, 6.45) is 0. The van der Waals surface area contributed by atoms with Crippen molar-refractivity contribution in [3.05, 3.63) is 78.9 Å². The highest BCUT2D eigenvalue weighted by atomic mass is 31.1. The SMILES string of the molecule is Oc1ccc(P(c2ccccc2)c2ccccc2)c(O)c1. The summed E-state index contributed by atoms with van der Waals surface area (Å²) < 4.78 is 0. The van der Waals surface area contributed by atoms with Crippen LogP contribution >= 0.6 is 7.92 Å². The first-order valence-corrected chi connectivity index (χ1v) is 8.02. The van der Waals surface area contributed by atoms with Gasteiger partial charge in [-0.3, -0.25) is 0 Å². The van der Waals surface area contributed by atoms with Crippen LogP contribution in [-0.4, -0.2) is 10.2 Å². The molecule has 0 heterocycles. The molecule has 0 aliphatic heterocycles. The lowest BCUT2D eigenvalue weighted by Gasteiger charge is -2.20. The number of hydrogen-bond donors (Lipinski definition) is 2. The molecule has 3 rings (SSSR count). The van der Waals surface area contributed by atoms with Crippen molar-refractivity contribution < 1.29 is 10.2 Å². The van der Waals surface area contributed by atoms with E-state index in [2.05, 4.69) is 24.3 Å². The van der Waals surface area contributed by atoms with Gasteiger partial charge in [-0.2, -0.15) is 0 Å². The second kappa shape index (κ2) is 5.99. The Balaban J connectivity index is 2.17. The molecule has 0 saturated heterocycles. The summed E-state index contributed by atoms with van der Waals surface area (Å²) in [6, 6.07) is 25.1. The van der Waals surface area contributed by atoms with Gasteiger partial charge in [0, 0.05) is 11.4 Å². The highest BCUT2D eigenvalue weighted by molar-refractivity contribution is 7.80. The van der Waals surface area contributed by atoms with Gasteiger partial charge in [0.15, 0.2) is 0 Å². The normalized spacial score (nSPS) is 10.7. The van der Waals surface area contributed by atoms with E-state index in [0.717, 1.165) is 5.30 Å². The number of phenols is 2. The molecule has 0 unspecified atom stereocenters. The summed E-state index contributed by atoms with van der Waals surface area (Å²) in [5.74, 6) is 0.209. The van der Waals surface area contributed by atoms with Crippen LogP contribution in [0.3, 0.4) is 0 Å². The van der Waals surface area contributed by atoms with Gasteiger partial charge in [0.2, 0.25) is 0 Å². The van der Waals surface area contributed by atoms with Crippen LogP contribution in [0.4, 0.5) is 0 Å². The number of benzene rings is 3. The van der Waals surface area contributed by atoms with E-state index >= 15 is 0 Å². The summed E-state index contributed by atoms with van der Waals surface area (Å²) in [6.45, 7) is 0. The average molecular weight is 294 g/mol. The second-order valence-corrected chi connectivity index (χ2v) is 6.86. The van der Waals surface area contributed by atoms with Crippen molar-refractivity contribution >= 4 is 23.8 Å². The first kappa shape index (κ1) is 13.7. The van der Waals surface area contributed by atoms with Crippen molar-refractivity contribution in [2.24, 2.45) is 0 Å². The number of phenolic OH excluding ortho intramolecular Hbond substituents is 2. The van der Waals surface area contributed by atoms with Crippen molar-refractivity contribution in [2.45, 2.75) is 0 Å². The quantitative estimate of drug-likeness (QED) is 0.729. The van der Waals surface area contributed by atoms with E-state index in [1.165, 1.54) is 16.7 Å². The predicted molar refractivity (Wildman–Crippen MR) is 88.5 cm³/mol. The lowest BCUT2D eigenvalue weighted by molar-refractivity contribution is 0.453. The number of aromatic hydroxyl groups is 2. The number of rotatable bonds is 3. The third-order valence-electron chi connectivity index (χ3n) is 3.23. The van der Waals surface area contributed by atoms with Gasteiger partial charge in [-0.15, -0.1) is 0 Å². The van der Waals surface area contributed by atoms with Gasteiger partial charge < -0.3 is 10.2 Å². The molecule has 2 nitrogen and oxygen atoms in total. The summed E-state index contributed by atoms with van der Waals surface area (Å²) in [4.78, 5) is 0. The van der Waals surface area contributed by atoms with Crippen molar-refractivity contribution in [1.29, 1.82) is 0 Å². The molecule has 0 radical (unpaired) electrons. The van der Waals surface area contributed by atoms with Crippen molar-refractivity contribution in [1.82, 2.24) is 0 Å². The molecule has 0 aromatic heterocycles. The zero-order chi connectivity index (χ0) is 14.7. The van der Waals surface area contributed by atoms with Gasteiger partial charge in [-0.05, 0) is 30.7 Å². The molecule has 0 bridgehead atoms. The van der Waals surface area contributed by atoms with Crippen LogP contribution < -0.4 is 15.9 Å². The maximum atomic E-state index is 10.2. The molecule has 21 heavy (non-hydrogen) atoms. The standard InChI is InChI=1S/C18H15O2P/c19-14-11-12-18(17(20)13-14)21(15-7-3-1-4-8-15)16-9-5-2-6-10-16/h1-13,19-20H. The van der Waals surface area contributed by atoms with E-state index in [-0.39, 0.29) is 11.5 Å². The Bertz CT molecular complexity index is 687. The Morgan fingerprint density at radius 2 is 1.14 bits per heavy atom. The lowest BCUT2D eigenvalue weighted by Crippen LogP contribution is -2.20. The van der Waals surface area contributed by atoms with Crippen molar-refractivity contribution in [2.75, 3.05) is 0 Å². The third-order valence-corrected chi connectivity index (χ3v) is 5.72. The molecule has 2 N–H and O–H groups in total. The Morgan fingerprint density at radius 3 is 1.62 bits per heavy atom. The fourth-order valence-corrected chi connectivity index (χ4v) is 4.59. The van der Waals surface area contributed by atoms with Gasteiger partial charge in [0.25, 0.3) is 0 Å². The largest absolute Gasteiger partial charge is 0.508 e. The fraction of sp³-hybridized carbons (Fsp3) is 0. The maximum Gasteiger partial charge on any atom is 0.127 e. The maximum absolute atomic E-state index is 10.2. The molecule has 104 valence electrons. The van der Waals surface area contributed by atoms with Crippen molar-refractivity contribution in [3.8, 4) is 11.5 Å². The minimum atomic E-state index is -0.840. The molecule has 0 atom stereocenters. The van der Waals surface area contributed by atoms with Crippen LogP contribution in [-0.2, 0) is 0 Å². The molecular weight excluding hydrogens is 279 g/mol. The van der Waals surface area contributed by atoms with E-state index in [1.807, 2.05) is 36.4 Å². The van der Waals surface area contributed by atoms with E-state index in [4.69, 9.17) is 0 Å². The minimum absolute atomic E-state index is 0.0762. The molecule has 3 aromatic rings. The monoisotopic (exact) mass is 294 g/mol. The molecule has 0 saturated carbocycles. The molecule has 3 heteroatoms. The van der Waals surface area contributed by atoms with Gasteiger partial charge in [-0.1, -0.05) is 60.7 Å². The molecule has 0 aliphatic rings. The lowest BCUT2D eigenvalue weighted by atomic mass is 10.3. The molecule has 0 amide bonds. The summed E-state index contributed by atoms with van der Waals surface area (Å²) >= 11 is 0. The Morgan fingerprint density at radius 1 is 0.619 bits per heavy atom. The highest BCUT2D eigenvalue weighted by Crippen LogP contribution is 2.36. The zero-order valence-corrected chi connectivity index (χ0v) is 12.2. The smallest absolute Gasteiger partial charge is 0.127 e. The first-order chi connectivity index (χ1) is 10.3. The first-order valence-electron chi connectivity index (χ1n) is 6.68. The Hall–Kier alpha value is -2.31. The van der Waals surface area contributed by atoms with Crippen molar-refractivity contribution in [3.63, 3.8) is 0 Å². The van der Waals surface area contributed by atoms with E-state index in [9.17, 15) is 10.2 Å². The van der Waals surface area contributed by atoms with Gasteiger partial charge in [0.1, 0.15) is 11.5 Å². The topological polar surface area (TPSA) is 40.5 Å². The van der Waals surface area contributed by atoms with Gasteiger partial charge in [0.05, 0.1) is 0 Å². The average Bonchev–Trinajstić information content (AvgIpc) is 2.52. The minimum Gasteiger partial charge on any atom is -0.508 e. The zero-order valence-electron chi connectivity index (χ0n) is 11.3. The molecule has 3 aromatic carbocycles. The summed E-state index contributed by atoms with van der Waals surface area (Å²) in [7, 11) is -0.840.